The first kappa shape index (κ1) is 12.7. The summed E-state index contributed by atoms with van der Waals surface area (Å²) in [7, 11) is 2.27. The second-order valence-corrected chi connectivity index (χ2v) is 6.62. The van der Waals surface area contributed by atoms with Gasteiger partial charge in [-0.25, -0.2) is 0 Å². The molecule has 1 aliphatic carbocycles. The minimum Gasteiger partial charge on any atom is -0.493 e. The van der Waals surface area contributed by atoms with Crippen molar-refractivity contribution in [2.24, 2.45) is 5.92 Å². The fourth-order valence-corrected chi connectivity index (χ4v) is 3.76. The van der Waals surface area contributed by atoms with Gasteiger partial charge < -0.3 is 10.1 Å². The molecule has 0 radical (unpaired) electrons. The van der Waals surface area contributed by atoms with Gasteiger partial charge in [0, 0.05) is 25.0 Å². The van der Waals surface area contributed by atoms with Crippen LogP contribution in [0.1, 0.15) is 36.4 Å². The van der Waals surface area contributed by atoms with E-state index in [1.54, 1.807) is 0 Å². The van der Waals surface area contributed by atoms with Crippen LogP contribution in [0.2, 0.25) is 0 Å². The van der Waals surface area contributed by atoms with Gasteiger partial charge in [0.05, 0.1) is 6.61 Å². The Morgan fingerprint density at radius 2 is 2.20 bits per heavy atom. The molecule has 2 aliphatic heterocycles. The second kappa shape index (κ2) is 5.05. The van der Waals surface area contributed by atoms with Crippen LogP contribution in [-0.2, 0) is 6.42 Å². The molecule has 3 heteroatoms. The molecule has 2 atom stereocenters. The zero-order chi connectivity index (χ0) is 13.5. The number of hydrogen-bond acceptors (Lipinski definition) is 3. The normalized spacial score (nSPS) is 29.4. The third kappa shape index (κ3) is 2.33. The summed E-state index contributed by atoms with van der Waals surface area (Å²) in [5.74, 6) is 1.85. The number of hydrogen-bond donors (Lipinski definition) is 1. The van der Waals surface area contributed by atoms with E-state index in [-0.39, 0.29) is 0 Å². The van der Waals surface area contributed by atoms with Gasteiger partial charge in [-0.1, -0.05) is 12.1 Å². The minimum absolute atomic E-state index is 0.576. The number of likely N-dealkylation sites (tertiary alicyclic amines) is 1. The van der Waals surface area contributed by atoms with E-state index in [0.717, 1.165) is 30.7 Å². The van der Waals surface area contributed by atoms with Crippen molar-refractivity contribution in [3.8, 4) is 5.75 Å². The second-order valence-electron chi connectivity index (χ2n) is 6.62. The minimum atomic E-state index is 0.576. The summed E-state index contributed by atoms with van der Waals surface area (Å²) in [6, 6.07) is 8.23. The molecule has 108 valence electrons. The van der Waals surface area contributed by atoms with Gasteiger partial charge in [0.15, 0.2) is 0 Å². The van der Waals surface area contributed by atoms with Crippen molar-refractivity contribution in [1.29, 1.82) is 0 Å². The van der Waals surface area contributed by atoms with Crippen molar-refractivity contribution in [1.82, 2.24) is 10.2 Å². The summed E-state index contributed by atoms with van der Waals surface area (Å²) in [6.07, 6.45) is 5.14. The molecule has 2 fully saturated rings. The average molecular weight is 272 g/mol. The lowest BCUT2D eigenvalue weighted by Crippen LogP contribution is -2.29. The molecule has 1 aromatic rings. The Morgan fingerprint density at radius 3 is 3.05 bits per heavy atom. The van der Waals surface area contributed by atoms with Crippen LogP contribution in [-0.4, -0.2) is 37.7 Å². The average Bonchev–Trinajstić information content (AvgIpc) is 3.04. The first-order chi connectivity index (χ1) is 9.81. The highest BCUT2D eigenvalue weighted by Crippen LogP contribution is 2.38. The van der Waals surface area contributed by atoms with Crippen LogP contribution in [0.3, 0.4) is 0 Å². The van der Waals surface area contributed by atoms with Gasteiger partial charge in [-0.3, -0.25) is 4.90 Å². The quantitative estimate of drug-likeness (QED) is 0.910. The number of benzene rings is 1. The van der Waals surface area contributed by atoms with Crippen LogP contribution in [0.15, 0.2) is 18.2 Å². The maximum atomic E-state index is 5.63. The Labute approximate surface area is 121 Å². The molecule has 0 bridgehead atoms. The standard InChI is InChI=1S/C17H24N2O/c1-19-8-6-14(11-18-15-3-4-15)17(19)13-2-5-16-12(10-13)7-9-20-16/h2,5,10,14-15,17-18H,3-4,6-9,11H2,1H3. The molecule has 0 amide bonds. The maximum Gasteiger partial charge on any atom is 0.122 e. The molecule has 2 heterocycles. The van der Waals surface area contributed by atoms with Crippen LogP contribution in [0.5, 0.6) is 5.75 Å². The lowest BCUT2D eigenvalue weighted by Gasteiger charge is -2.26. The highest BCUT2D eigenvalue weighted by Gasteiger charge is 2.34. The lowest BCUT2D eigenvalue weighted by molar-refractivity contribution is 0.271. The van der Waals surface area contributed by atoms with Crippen molar-refractivity contribution in [3.05, 3.63) is 29.3 Å². The fourth-order valence-electron chi connectivity index (χ4n) is 3.76. The smallest absolute Gasteiger partial charge is 0.122 e. The molecule has 1 saturated carbocycles. The number of rotatable bonds is 4. The van der Waals surface area contributed by atoms with E-state index >= 15 is 0 Å². The molecule has 4 rings (SSSR count). The summed E-state index contributed by atoms with van der Waals surface area (Å²) in [4.78, 5) is 2.52. The van der Waals surface area contributed by atoms with Crippen LogP contribution in [0, 0.1) is 5.92 Å². The summed E-state index contributed by atoms with van der Waals surface area (Å²) in [5, 5.41) is 3.72. The van der Waals surface area contributed by atoms with Crippen LogP contribution < -0.4 is 10.1 Å². The predicted molar refractivity (Wildman–Crippen MR) is 80.1 cm³/mol. The third-order valence-electron chi connectivity index (χ3n) is 5.08. The number of nitrogens with one attached hydrogen (secondary N) is 1. The summed E-state index contributed by atoms with van der Waals surface area (Å²) < 4.78 is 5.63. The van der Waals surface area contributed by atoms with Gasteiger partial charge in [0.1, 0.15) is 5.75 Å². The molecular formula is C17H24N2O. The number of nitrogens with zero attached hydrogens (tertiary/aromatic N) is 1. The Kier molecular flexibility index (Phi) is 3.20. The lowest BCUT2D eigenvalue weighted by atomic mass is 9.92. The highest BCUT2D eigenvalue weighted by molar-refractivity contribution is 5.41. The molecule has 3 aliphatic rings. The monoisotopic (exact) mass is 272 g/mol. The van der Waals surface area contributed by atoms with Crippen molar-refractivity contribution in [2.75, 3.05) is 26.7 Å². The van der Waals surface area contributed by atoms with Crippen molar-refractivity contribution >= 4 is 0 Å². The Hall–Kier alpha value is -1.06. The van der Waals surface area contributed by atoms with Gasteiger partial charge >= 0.3 is 0 Å². The Bertz CT molecular complexity index is 498. The predicted octanol–water partition coefficient (Wildman–Crippen LogP) is 2.37. The van der Waals surface area contributed by atoms with Crippen molar-refractivity contribution in [3.63, 3.8) is 0 Å². The molecule has 1 aromatic carbocycles. The van der Waals surface area contributed by atoms with Crippen molar-refractivity contribution < 1.29 is 4.74 Å². The third-order valence-corrected chi connectivity index (χ3v) is 5.08. The van der Waals surface area contributed by atoms with E-state index in [9.17, 15) is 0 Å². The molecule has 2 unspecified atom stereocenters. The zero-order valence-electron chi connectivity index (χ0n) is 12.3. The van der Waals surface area contributed by atoms with Crippen LogP contribution >= 0.6 is 0 Å². The SMILES string of the molecule is CN1CCC(CNC2CC2)C1c1ccc2c(c1)CCO2. The van der Waals surface area contributed by atoms with Gasteiger partial charge in [-0.05, 0) is 56.0 Å². The van der Waals surface area contributed by atoms with E-state index in [4.69, 9.17) is 4.74 Å². The fraction of sp³-hybridized carbons (Fsp3) is 0.647. The molecule has 0 spiro atoms. The van der Waals surface area contributed by atoms with E-state index < -0.39 is 0 Å². The maximum absolute atomic E-state index is 5.63. The molecule has 1 saturated heterocycles. The molecular weight excluding hydrogens is 248 g/mol. The van der Waals surface area contributed by atoms with Crippen LogP contribution in [0.25, 0.3) is 0 Å². The zero-order valence-corrected chi connectivity index (χ0v) is 12.3. The summed E-state index contributed by atoms with van der Waals surface area (Å²) >= 11 is 0. The Morgan fingerprint density at radius 1 is 1.30 bits per heavy atom. The summed E-state index contributed by atoms with van der Waals surface area (Å²) in [6.45, 7) is 3.24. The largest absolute Gasteiger partial charge is 0.493 e. The van der Waals surface area contributed by atoms with E-state index in [1.807, 2.05) is 0 Å². The molecule has 1 N–H and O–H groups in total. The van der Waals surface area contributed by atoms with E-state index in [2.05, 4.69) is 35.5 Å². The van der Waals surface area contributed by atoms with E-state index in [1.165, 1.54) is 43.5 Å². The molecule has 20 heavy (non-hydrogen) atoms. The number of ether oxygens (including phenoxy) is 1. The number of fused-ring (bicyclic) bond motifs is 1. The van der Waals surface area contributed by atoms with Crippen molar-refractivity contribution in [2.45, 2.75) is 37.8 Å². The topological polar surface area (TPSA) is 24.5 Å². The van der Waals surface area contributed by atoms with Gasteiger partial charge in [0.25, 0.3) is 0 Å². The van der Waals surface area contributed by atoms with Gasteiger partial charge in [-0.2, -0.15) is 0 Å². The molecule has 3 nitrogen and oxygen atoms in total. The van der Waals surface area contributed by atoms with Gasteiger partial charge in [-0.15, -0.1) is 0 Å². The highest BCUT2D eigenvalue weighted by atomic mass is 16.5. The van der Waals surface area contributed by atoms with Crippen LogP contribution in [0.4, 0.5) is 0 Å². The first-order valence-corrected chi connectivity index (χ1v) is 8.00. The summed E-state index contributed by atoms with van der Waals surface area (Å²) in [5.41, 5.74) is 2.88. The Balaban J connectivity index is 1.54. The first-order valence-electron chi connectivity index (χ1n) is 8.00. The van der Waals surface area contributed by atoms with E-state index in [0.29, 0.717) is 6.04 Å². The van der Waals surface area contributed by atoms with Gasteiger partial charge in [0.2, 0.25) is 0 Å². The molecule has 0 aromatic heterocycles.